The number of benzene rings is 2. The van der Waals surface area contributed by atoms with Crippen LogP contribution in [0.5, 0.6) is 0 Å². The van der Waals surface area contributed by atoms with Crippen molar-refractivity contribution in [3.63, 3.8) is 0 Å². The first-order valence-electron chi connectivity index (χ1n) is 11.4. The van der Waals surface area contributed by atoms with Crippen LogP contribution in [0.15, 0.2) is 53.3 Å². The summed E-state index contributed by atoms with van der Waals surface area (Å²) in [6.45, 7) is 6.69. The van der Waals surface area contributed by atoms with Crippen molar-refractivity contribution < 1.29 is 13.2 Å². The van der Waals surface area contributed by atoms with Crippen molar-refractivity contribution in [3.05, 3.63) is 76.0 Å². The lowest BCUT2D eigenvalue weighted by Gasteiger charge is -2.24. The Morgan fingerprint density at radius 2 is 1.63 bits per heavy atom. The molecule has 0 saturated heterocycles. The van der Waals surface area contributed by atoms with E-state index >= 15 is 0 Å². The van der Waals surface area contributed by atoms with E-state index in [9.17, 15) is 18.0 Å². The summed E-state index contributed by atoms with van der Waals surface area (Å²) in [5.74, 6) is 0.531. The minimum atomic E-state index is -4.63. The molecule has 0 unspecified atom stereocenters. The van der Waals surface area contributed by atoms with Crippen molar-refractivity contribution in [3.8, 4) is 22.5 Å². The van der Waals surface area contributed by atoms with E-state index < -0.39 is 23.1 Å². The van der Waals surface area contributed by atoms with E-state index in [0.717, 1.165) is 26.8 Å². The number of rotatable bonds is 6. The molecule has 0 radical (unpaired) electrons. The van der Waals surface area contributed by atoms with Gasteiger partial charge in [0.2, 0.25) is 0 Å². The van der Waals surface area contributed by atoms with E-state index in [1.54, 1.807) is 27.7 Å². The van der Waals surface area contributed by atoms with Crippen LogP contribution in [0.1, 0.15) is 51.1 Å². The highest BCUT2D eigenvalue weighted by Gasteiger charge is 2.42. The molecule has 10 heteroatoms. The van der Waals surface area contributed by atoms with Gasteiger partial charge in [0.1, 0.15) is 5.69 Å². The molecule has 4 aromatic rings. The van der Waals surface area contributed by atoms with Crippen LogP contribution in [0.25, 0.3) is 22.5 Å². The maximum absolute atomic E-state index is 14.1. The molecule has 0 atom stereocenters. The average Bonchev–Trinajstić information content (AvgIpc) is 3.42. The molecule has 184 valence electrons. The molecule has 0 bridgehead atoms. The van der Waals surface area contributed by atoms with Gasteiger partial charge in [0.25, 0.3) is 0 Å². The van der Waals surface area contributed by atoms with Crippen LogP contribution < -0.4 is 5.69 Å². The van der Waals surface area contributed by atoms with Crippen molar-refractivity contribution in [1.82, 2.24) is 29.8 Å². The number of imidazole rings is 1. The summed E-state index contributed by atoms with van der Waals surface area (Å²) in [7, 11) is 0. The van der Waals surface area contributed by atoms with E-state index in [0.29, 0.717) is 12.2 Å². The predicted molar refractivity (Wildman–Crippen MR) is 127 cm³/mol. The highest BCUT2D eigenvalue weighted by molar-refractivity contribution is 5.80. The monoisotopic (exact) mass is 484 g/mol. The van der Waals surface area contributed by atoms with Crippen LogP contribution in [0.2, 0.25) is 0 Å². The van der Waals surface area contributed by atoms with Crippen LogP contribution >= 0.6 is 0 Å². The molecule has 4 rings (SSSR count). The van der Waals surface area contributed by atoms with Gasteiger partial charge >= 0.3 is 11.9 Å². The normalized spacial score (nSPS) is 12.3. The first-order valence-corrected chi connectivity index (χ1v) is 11.4. The third kappa shape index (κ3) is 4.78. The molecule has 0 fully saturated rings. The van der Waals surface area contributed by atoms with Gasteiger partial charge in [-0.05, 0) is 54.3 Å². The molecule has 35 heavy (non-hydrogen) atoms. The molecule has 2 aromatic heterocycles. The highest BCUT2D eigenvalue weighted by atomic mass is 19.4. The van der Waals surface area contributed by atoms with Gasteiger partial charge in [0, 0.05) is 11.1 Å². The number of nitrogens with zero attached hydrogens (tertiary/aromatic N) is 5. The zero-order valence-electron chi connectivity index (χ0n) is 20.0. The zero-order chi connectivity index (χ0) is 25.4. The maximum Gasteiger partial charge on any atom is 0.433 e. The number of aromatic amines is 1. The minimum Gasteiger partial charge on any atom is -0.291 e. The Labute approximate surface area is 200 Å². The van der Waals surface area contributed by atoms with Crippen LogP contribution in [0.3, 0.4) is 0 Å². The Kier molecular flexibility index (Phi) is 6.40. The van der Waals surface area contributed by atoms with Gasteiger partial charge in [-0.1, -0.05) is 61.9 Å². The second-order valence-corrected chi connectivity index (χ2v) is 9.41. The summed E-state index contributed by atoms with van der Waals surface area (Å²) in [6.07, 6.45) is -3.99. The molecule has 0 aliphatic heterocycles. The fourth-order valence-corrected chi connectivity index (χ4v) is 4.34. The van der Waals surface area contributed by atoms with Crippen molar-refractivity contribution in [2.75, 3.05) is 0 Å². The van der Waals surface area contributed by atoms with Crippen LogP contribution in [0, 0.1) is 0 Å². The lowest BCUT2D eigenvalue weighted by atomic mass is 9.98. The minimum absolute atomic E-state index is 0.0205. The van der Waals surface area contributed by atoms with Gasteiger partial charge in [-0.2, -0.15) is 13.2 Å². The van der Waals surface area contributed by atoms with Crippen molar-refractivity contribution in [2.24, 2.45) is 0 Å². The molecule has 7 nitrogen and oxygen atoms in total. The van der Waals surface area contributed by atoms with Gasteiger partial charge in [0.05, 0.1) is 12.2 Å². The number of alkyl halides is 3. The van der Waals surface area contributed by atoms with Gasteiger partial charge in [-0.3, -0.25) is 9.13 Å². The topological polar surface area (TPSA) is 81.4 Å². The van der Waals surface area contributed by atoms with Gasteiger partial charge in [-0.15, -0.1) is 5.10 Å². The lowest BCUT2D eigenvalue weighted by Crippen LogP contribution is -2.37. The molecule has 1 N–H and O–H groups in total. The Balaban J connectivity index is 1.75. The second-order valence-electron chi connectivity index (χ2n) is 9.41. The van der Waals surface area contributed by atoms with E-state index in [4.69, 9.17) is 0 Å². The van der Waals surface area contributed by atoms with Gasteiger partial charge in [0.15, 0.2) is 5.82 Å². The molecule has 0 saturated carbocycles. The Bertz CT molecular complexity index is 1360. The molecular formula is C25H27F3N6O. The van der Waals surface area contributed by atoms with Crippen LogP contribution in [0.4, 0.5) is 13.2 Å². The van der Waals surface area contributed by atoms with Crippen molar-refractivity contribution in [2.45, 2.75) is 58.8 Å². The third-order valence-electron chi connectivity index (χ3n) is 5.80. The average molecular weight is 485 g/mol. The summed E-state index contributed by atoms with van der Waals surface area (Å²) in [4.78, 5) is 13.3. The zero-order valence-corrected chi connectivity index (χ0v) is 20.0. The first kappa shape index (κ1) is 24.4. The fraction of sp³-hybridized carbons (Fsp3) is 0.360. The summed E-state index contributed by atoms with van der Waals surface area (Å²) < 4.78 is 44.4. The fourth-order valence-electron chi connectivity index (χ4n) is 4.34. The number of halogens is 3. The molecule has 0 aliphatic carbocycles. The molecule has 2 heterocycles. The number of H-pyrrole nitrogens is 1. The number of hydrogen-bond donors (Lipinski definition) is 1. The summed E-state index contributed by atoms with van der Waals surface area (Å²) >= 11 is 0. The SMILES string of the molecule is CCCc1c(C(F)(F)F)n(C(C)(C)C)c(=O)n1Cc1ccc(-c2ccccc2-c2nnn[nH]2)cc1. The van der Waals surface area contributed by atoms with Crippen molar-refractivity contribution in [1.29, 1.82) is 0 Å². The van der Waals surface area contributed by atoms with Gasteiger partial charge in [-0.25, -0.2) is 9.89 Å². The number of hydrogen-bond acceptors (Lipinski definition) is 4. The third-order valence-corrected chi connectivity index (χ3v) is 5.80. The molecular weight excluding hydrogens is 457 g/mol. The number of tetrazole rings is 1. The van der Waals surface area contributed by atoms with Crippen LogP contribution in [-0.2, 0) is 24.7 Å². The Morgan fingerprint density at radius 1 is 0.971 bits per heavy atom. The molecule has 0 aliphatic rings. The van der Waals surface area contributed by atoms with E-state index in [-0.39, 0.29) is 18.7 Å². The van der Waals surface area contributed by atoms with Crippen LogP contribution in [-0.4, -0.2) is 29.8 Å². The first-order chi connectivity index (χ1) is 16.5. The summed E-state index contributed by atoms with van der Waals surface area (Å²) in [6, 6.07) is 15.0. The molecule has 0 spiro atoms. The van der Waals surface area contributed by atoms with Crippen molar-refractivity contribution >= 4 is 0 Å². The summed E-state index contributed by atoms with van der Waals surface area (Å²) in [5.41, 5.74) is 0.842. The Hall–Kier alpha value is -3.69. The predicted octanol–water partition coefficient (Wildman–Crippen LogP) is 5.27. The smallest absolute Gasteiger partial charge is 0.291 e. The van der Waals surface area contributed by atoms with E-state index in [1.807, 2.05) is 48.5 Å². The maximum atomic E-state index is 14.1. The number of nitrogens with one attached hydrogen (secondary N) is 1. The lowest BCUT2D eigenvalue weighted by molar-refractivity contribution is -0.146. The molecule has 2 aromatic carbocycles. The van der Waals surface area contributed by atoms with E-state index in [2.05, 4.69) is 20.6 Å². The standard InChI is InChI=1S/C25H27F3N6O/c1-5-8-20-21(25(26,27)28)34(24(2,3)4)23(35)33(20)15-16-11-13-17(14-12-16)18-9-6-7-10-19(18)22-29-31-32-30-22/h6-7,9-14H,5,8,15H2,1-4H3,(H,29,30,31,32). The number of aromatic nitrogens is 6. The quantitative estimate of drug-likeness (QED) is 0.404. The largest absolute Gasteiger partial charge is 0.433 e. The van der Waals surface area contributed by atoms with Gasteiger partial charge < -0.3 is 0 Å². The Morgan fingerprint density at radius 3 is 2.17 bits per heavy atom. The summed E-state index contributed by atoms with van der Waals surface area (Å²) in [5, 5.41) is 14.0. The molecule has 0 amide bonds. The second kappa shape index (κ2) is 9.16. The highest BCUT2D eigenvalue weighted by Crippen LogP contribution is 2.35. The van der Waals surface area contributed by atoms with E-state index in [1.165, 1.54) is 4.57 Å².